The first kappa shape index (κ1) is 13.8. The molecule has 0 spiro atoms. The Morgan fingerprint density at radius 3 is 2.36 bits per heavy atom. The SMILES string of the molecule is CCCCCCN(CC(N)=S)C(C)C. The molecule has 3 heteroatoms. The maximum absolute atomic E-state index is 5.55. The molecule has 0 aromatic heterocycles. The Hall–Kier alpha value is -0.150. The summed E-state index contributed by atoms with van der Waals surface area (Å²) >= 11 is 4.93. The van der Waals surface area contributed by atoms with Crippen molar-refractivity contribution in [2.45, 2.75) is 52.5 Å². The molecule has 0 aliphatic rings. The zero-order valence-electron chi connectivity index (χ0n) is 9.75. The van der Waals surface area contributed by atoms with Crippen LogP contribution in [0.4, 0.5) is 0 Å². The largest absolute Gasteiger partial charge is 0.392 e. The predicted octanol–water partition coefficient (Wildman–Crippen LogP) is 2.56. The normalized spacial score (nSPS) is 11.2. The third-order valence-electron chi connectivity index (χ3n) is 2.39. The molecule has 0 aromatic rings. The number of nitrogens with zero attached hydrogens (tertiary/aromatic N) is 1. The minimum Gasteiger partial charge on any atom is -0.392 e. The van der Waals surface area contributed by atoms with E-state index in [2.05, 4.69) is 25.7 Å². The molecule has 0 amide bonds. The van der Waals surface area contributed by atoms with Crippen LogP contribution in [0.2, 0.25) is 0 Å². The fourth-order valence-corrected chi connectivity index (χ4v) is 1.63. The molecule has 0 rings (SSSR count). The van der Waals surface area contributed by atoms with Crippen LogP contribution in [-0.2, 0) is 0 Å². The zero-order valence-corrected chi connectivity index (χ0v) is 10.6. The van der Waals surface area contributed by atoms with E-state index in [9.17, 15) is 0 Å². The van der Waals surface area contributed by atoms with Gasteiger partial charge < -0.3 is 5.73 Å². The van der Waals surface area contributed by atoms with Gasteiger partial charge in [0.15, 0.2) is 0 Å². The van der Waals surface area contributed by atoms with Gasteiger partial charge in [-0.25, -0.2) is 0 Å². The van der Waals surface area contributed by atoms with E-state index in [4.69, 9.17) is 18.0 Å². The maximum Gasteiger partial charge on any atom is 0.0870 e. The standard InChI is InChI=1S/C11H24N2S/c1-4-5-6-7-8-13(10(2)3)9-11(12)14/h10H,4-9H2,1-3H3,(H2,12,14). The van der Waals surface area contributed by atoms with E-state index in [1.165, 1.54) is 25.7 Å². The molecule has 0 radical (unpaired) electrons. The van der Waals surface area contributed by atoms with E-state index in [1.807, 2.05) is 0 Å². The third-order valence-corrected chi connectivity index (χ3v) is 2.52. The molecule has 0 unspecified atom stereocenters. The fourth-order valence-electron chi connectivity index (χ4n) is 1.46. The molecular formula is C11H24N2S. The Bertz CT molecular complexity index is 157. The maximum atomic E-state index is 5.55. The van der Waals surface area contributed by atoms with Crippen molar-refractivity contribution in [1.82, 2.24) is 4.90 Å². The molecule has 0 aromatic carbocycles. The molecule has 0 saturated carbocycles. The van der Waals surface area contributed by atoms with Gasteiger partial charge in [0, 0.05) is 12.6 Å². The summed E-state index contributed by atoms with van der Waals surface area (Å²) in [6, 6.07) is 0.540. The van der Waals surface area contributed by atoms with E-state index in [0.717, 1.165) is 13.1 Å². The first-order valence-corrected chi connectivity index (χ1v) is 6.01. The van der Waals surface area contributed by atoms with Gasteiger partial charge in [0.05, 0.1) is 4.99 Å². The first-order valence-electron chi connectivity index (χ1n) is 5.60. The van der Waals surface area contributed by atoms with Gasteiger partial charge in [0.25, 0.3) is 0 Å². The molecule has 0 atom stereocenters. The van der Waals surface area contributed by atoms with Crippen LogP contribution < -0.4 is 5.73 Å². The number of nitrogens with two attached hydrogens (primary N) is 1. The van der Waals surface area contributed by atoms with Crippen molar-refractivity contribution in [2.24, 2.45) is 5.73 Å². The number of hydrogen-bond acceptors (Lipinski definition) is 2. The molecule has 0 aliphatic heterocycles. The highest BCUT2D eigenvalue weighted by atomic mass is 32.1. The van der Waals surface area contributed by atoms with Crippen LogP contribution in [0.5, 0.6) is 0 Å². The Balaban J connectivity index is 3.68. The van der Waals surface area contributed by atoms with Crippen molar-refractivity contribution in [3.63, 3.8) is 0 Å². The van der Waals surface area contributed by atoms with Crippen LogP contribution in [0.15, 0.2) is 0 Å². The molecule has 14 heavy (non-hydrogen) atoms. The van der Waals surface area contributed by atoms with Gasteiger partial charge in [0.2, 0.25) is 0 Å². The topological polar surface area (TPSA) is 29.3 Å². The molecule has 0 fully saturated rings. The Kier molecular flexibility index (Phi) is 8.09. The summed E-state index contributed by atoms with van der Waals surface area (Å²) in [5.74, 6) is 0. The summed E-state index contributed by atoms with van der Waals surface area (Å²) in [6.45, 7) is 8.50. The first-order chi connectivity index (χ1) is 6.57. The molecule has 2 N–H and O–H groups in total. The van der Waals surface area contributed by atoms with E-state index >= 15 is 0 Å². The second kappa shape index (κ2) is 8.18. The number of hydrogen-bond donors (Lipinski definition) is 1. The average Bonchev–Trinajstić information content (AvgIpc) is 2.09. The average molecular weight is 216 g/mol. The Morgan fingerprint density at radius 1 is 1.29 bits per heavy atom. The van der Waals surface area contributed by atoms with Crippen LogP contribution >= 0.6 is 12.2 Å². The lowest BCUT2D eigenvalue weighted by atomic mass is 10.2. The van der Waals surface area contributed by atoms with Crippen LogP contribution in [0.1, 0.15) is 46.5 Å². The Morgan fingerprint density at radius 2 is 1.93 bits per heavy atom. The highest BCUT2D eigenvalue weighted by Gasteiger charge is 2.09. The van der Waals surface area contributed by atoms with Crippen LogP contribution in [0.3, 0.4) is 0 Å². The van der Waals surface area contributed by atoms with Crippen molar-refractivity contribution in [3.05, 3.63) is 0 Å². The van der Waals surface area contributed by atoms with E-state index in [-0.39, 0.29) is 0 Å². The van der Waals surface area contributed by atoms with Crippen LogP contribution in [0.25, 0.3) is 0 Å². The summed E-state index contributed by atoms with van der Waals surface area (Å²) in [5, 5.41) is 0. The number of rotatable bonds is 8. The molecule has 0 heterocycles. The molecule has 0 bridgehead atoms. The van der Waals surface area contributed by atoms with Crippen molar-refractivity contribution < 1.29 is 0 Å². The summed E-state index contributed by atoms with van der Waals surface area (Å²) in [4.78, 5) is 2.95. The monoisotopic (exact) mass is 216 g/mol. The van der Waals surface area contributed by atoms with Crippen LogP contribution in [-0.4, -0.2) is 29.0 Å². The van der Waals surface area contributed by atoms with Gasteiger partial charge in [0.1, 0.15) is 0 Å². The van der Waals surface area contributed by atoms with Crippen molar-refractivity contribution in [3.8, 4) is 0 Å². The second-order valence-corrected chi connectivity index (χ2v) is 4.62. The summed E-state index contributed by atoms with van der Waals surface area (Å²) in [7, 11) is 0. The van der Waals surface area contributed by atoms with Crippen LogP contribution in [0, 0.1) is 0 Å². The minimum absolute atomic E-state index is 0.540. The second-order valence-electron chi connectivity index (χ2n) is 4.09. The lowest BCUT2D eigenvalue weighted by molar-refractivity contribution is 0.248. The molecular weight excluding hydrogens is 192 g/mol. The number of unbranched alkanes of at least 4 members (excludes halogenated alkanes) is 3. The summed E-state index contributed by atoms with van der Waals surface area (Å²) < 4.78 is 0. The highest BCUT2D eigenvalue weighted by Crippen LogP contribution is 2.04. The smallest absolute Gasteiger partial charge is 0.0870 e. The molecule has 2 nitrogen and oxygen atoms in total. The van der Waals surface area contributed by atoms with Crippen molar-refractivity contribution >= 4 is 17.2 Å². The molecule has 84 valence electrons. The third kappa shape index (κ3) is 7.27. The minimum atomic E-state index is 0.540. The Labute approximate surface area is 93.8 Å². The van der Waals surface area contributed by atoms with Crippen molar-refractivity contribution in [1.29, 1.82) is 0 Å². The van der Waals surface area contributed by atoms with Gasteiger partial charge in [-0.1, -0.05) is 38.4 Å². The van der Waals surface area contributed by atoms with Gasteiger partial charge in [-0.05, 0) is 26.8 Å². The van der Waals surface area contributed by atoms with Gasteiger partial charge in [-0.2, -0.15) is 0 Å². The summed E-state index contributed by atoms with van der Waals surface area (Å²) in [5.41, 5.74) is 5.55. The summed E-state index contributed by atoms with van der Waals surface area (Å²) in [6.07, 6.45) is 5.20. The fraction of sp³-hybridized carbons (Fsp3) is 0.909. The lowest BCUT2D eigenvalue weighted by Crippen LogP contribution is -2.38. The van der Waals surface area contributed by atoms with E-state index < -0.39 is 0 Å². The van der Waals surface area contributed by atoms with Gasteiger partial charge in [-0.3, -0.25) is 4.90 Å². The molecule has 0 saturated heterocycles. The zero-order chi connectivity index (χ0) is 11.0. The molecule has 0 aliphatic carbocycles. The van der Waals surface area contributed by atoms with Gasteiger partial charge in [-0.15, -0.1) is 0 Å². The van der Waals surface area contributed by atoms with Crippen molar-refractivity contribution in [2.75, 3.05) is 13.1 Å². The number of thiocarbonyl (C=S) groups is 1. The van der Waals surface area contributed by atoms with Gasteiger partial charge >= 0.3 is 0 Å². The van der Waals surface area contributed by atoms with E-state index in [0.29, 0.717) is 11.0 Å². The predicted molar refractivity (Wildman–Crippen MR) is 67.6 cm³/mol. The lowest BCUT2D eigenvalue weighted by Gasteiger charge is -2.25. The quantitative estimate of drug-likeness (QED) is 0.499. The van der Waals surface area contributed by atoms with E-state index in [1.54, 1.807) is 0 Å². The highest BCUT2D eigenvalue weighted by molar-refractivity contribution is 7.80.